The van der Waals surface area contributed by atoms with Gasteiger partial charge >= 0.3 is 0 Å². The third-order valence-corrected chi connectivity index (χ3v) is 5.74. The molecule has 30 heavy (non-hydrogen) atoms. The molecule has 1 aliphatic rings. The Hall–Kier alpha value is -3.11. The first-order valence-electron chi connectivity index (χ1n) is 10.7. The molecule has 4 heteroatoms. The number of anilines is 1. The number of nitrogens with one attached hydrogen (secondary N) is 1. The highest BCUT2D eigenvalue weighted by atomic mass is 15.3. The predicted octanol–water partition coefficient (Wildman–Crippen LogP) is 4.30. The number of nitrogens with zero attached hydrogens (tertiary/aromatic N) is 3. The lowest BCUT2D eigenvalue weighted by molar-refractivity contribution is 0.312. The molecule has 1 aromatic heterocycles. The third kappa shape index (κ3) is 5.08. The molecule has 2 heterocycles. The third-order valence-electron chi connectivity index (χ3n) is 5.74. The van der Waals surface area contributed by atoms with Crippen molar-refractivity contribution in [3.05, 3.63) is 90.6 Å². The highest BCUT2D eigenvalue weighted by molar-refractivity contribution is 5.64. The summed E-state index contributed by atoms with van der Waals surface area (Å²) in [4.78, 5) is 9.36. The molecule has 0 unspecified atom stereocenters. The fourth-order valence-electron chi connectivity index (χ4n) is 3.74. The van der Waals surface area contributed by atoms with E-state index in [0.717, 1.165) is 56.2 Å². The van der Waals surface area contributed by atoms with E-state index in [4.69, 9.17) is 0 Å². The predicted molar refractivity (Wildman–Crippen MR) is 127 cm³/mol. The average Bonchev–Trinajstić information content (AvgIpc) is 2.81. The number of aromatic nitrogens is 1. The molecule has 1 N–H and O–H groups in total. The lowest BCUT2D eigenvalue weighted by Gasteiger charge is -2.33. The van der Waals surface area contributed by atoms with Gasteiger partial charge < -0.3 is 15.1 Å². The van der Waals surface area contributed by atoms with Crippen molar-refractivity contribution in [1.82, 2.24) is 15.2 Å². The molecule has 154 valence electrons. The summed E-state index contributed by atoms with van der Waals surface area (Å²) in [5.41, 5.74) is 5.80. The molecular formula is C26H30N4. The van der Waals surface area contributed by atoms with Gasteiger partial charge in [0, 0.05) is 50.2 Å². The van der Waals surface area contributed by atoms with E-state index in [2.05, 4.69) is 94.4 Å². The van der Waals surface area contributed by atoms with Crippen LogP contribution in [0.1, 0.15) is 11.1 Å². The van der Waals surface area contributed by atoms with Gasteiger partial charge in [-0.25, -0.2) is 4.98 Å². The van der Waals surface area contributed by atoms with Crippen LogP contribution in [0.4, 0.5) is 5.82 Å². The second kappa shape index (κ2) is 9.59. The fraction of sp³-hybridized carbons (Fsp3) is 0.269. The van der Waals surface area contributed by atoms with E-state index in [1.165, 1.54) is 16.7 Å². The molecule has 0 saturated carbocycles. The van der Waals surface area contributed by atoms with Crippen LogP contribution >= 0.6 is 0 Å². The van der Waals surface area contributed by atoms with Crippen LogP contribution in [0.25, 0.3) is 16.8 Å². The number of likely N-dealkylation sites (N-methyl/N-ethyl adjacent to an activating group) is 1. The zero-order chi connectivity index (χ0) is 20.8. The molecular weight excluding hydrogens is 368 g/mol. The van der Waals surface area contributed by atoms with Crippen molar-refractivity contribution in [1.29, 1.82) is 0 Å². The van der Waals surface area contributed by atoms with Gasteiger partial charge in [0.25, 0.3) is 0 Å². The SMILES string of the molecule is C=C(NCCc1ccc(-c2ccccc2)cc1)c1ccc(N2CCN(C)CC2)nc1. The quantitative estimate of drug-likeness (QED) is 0.643. The van der Waals surface area contributed by atoms with Gasteiger partial charge in [0.2, 0.25) is 0 Å². The van der Waals surface area contributed by atoms with Gasteiger partial charge in [-0.3, -0.25) is 0 Å². The Morgan fingerprint density at radius 2 is 1.60 bits per heavy atom. The first-order valence-corrected chi connectivity index (χ1v) is 10.7. The Bertz CT molecular complexity index is 941. The van der Waals surface area contributed by atoms with Crippen molar-refractivity contribution in [3.8, 4) is 11.1 Å². The van der Waals surface area contributed by atoms with Gasteiger partial charge in [-0.15, -0.1) is 0 Å². The second-order valence-corrected chi connectivity index (χ2v) is 7.91. The number of hydrogen-bond acceptors (Lipinski definition) is 4. The topological polar surface area (TPSA) is 31.4 Å². The van der Waals surface area contributed by atoms with Crippen molar-refractivity contribution in [2.24, 2.45) is 0 Å². The summed E-state index contributed by atoms with van der Waals surface area (Å²) in [5, 5.41) is 3.44. The summed E-state index contributed by atoms with van der Waals surface area (Å²) in [7, 11) is 2.17. The molecule has 4 nitrogen and oxygen atoms in total. The number of hydrogen-bond donors (Lipinski definition) is 1. The summed E-state index contributed by atoms with van der Waals surface area (Å²) in [5.74, 6) is 1.05. The first-order chi connectivity index (χ1) is 14.7. The van der Waals surface area contributed by atoms with Crippen LogP contribution in [-0.2, 0) is 6.42 Å². The smallest absolute Gasteiger partial charge is 0.128 e. The first kappa shape index (κ1) is 20.2. The van der Waals surface area contributed by atoms with Gasteiger partial charge in [-0.05, 0) is 42.3 Å². The zero-order valence-corrected chi connectivity index (χ0v) is 17.7. The Kier molecular flexibility index (Phi) is 6.45. The largest absolute Gasteiger partial charge is 0.385 e. The van der Waals surface area contributed by atoms with E-state index >= 15 is 0 Å². The molecule has 1 fully saturated rings. The highest BCUT2D eigenvalue weighted by Crippen LogP contribution is 2.20. The molecule has 0 aliphatic carbocycles. The van der Waals surface area contributed by atoms with Gasteiger partial charge in [0.1, 0.15) is 5.82 Å². The van der Waals surface area contributed by atoms with Gasteiger partial charge in [0.05, 0.1) is 0 Å². The van der Waals surface area contributed by atoms with Gasteiger partial charge in [-0.2, -0.15) is 0 Å². The van der Waals surface area contributed by atoms with Crippen molar-refractivity contribution in [3.63, 3.8) is 0 Å². The number of pyridine rings is 1. The standard InChI is InChI=1S/C26H30N4/c1-21(25-12-13-26(28-20-25)30-18-16-29(2)17-19-30)27-15-14-22-8-10-24(11-9-22)23-6-4-3-5-7-23/h3-13,20,27H,1,14-19H2,2H3. The van der Waals surface area contributed by atoms with E-state index in [1.807, 2.05) is 12.3 Å². The Balaban J connectivity index is 1.26. The Morgan fingerprint density at radius 1 is 0.900 bits per heavy atom. The number of rotatable bonds is 7. The summed E-state index contributed by atoms with van der Waals surface area (Å²) in [6.07, 6.45) is 2.89. The zero-order valence-electron chi connectivity index (χ0n) is 17.7. The van der Waals surface area contributed by atoms with Crippen LogP contribution in [0.5, 0.6) is 0 Å². The molecule has 3 aromatic rings. The lowest BCUT2D eigenvalue weighted by Crippen LogP contribution is -2.44. The van der Waals surface area contributed by atoms with Gasteiger partial charge in [-0.1, -0.05) is 61.2 Å². The average molecular weight is 399 g/mol. The summed E-state index contributed by atoms with van der Waals surface area (Å²) in [6, 6.07) is 23.5. The van der Waals surface area contributed by atoms with Crippen LogP contribution in [-0.4, -0.2) is 49.7 Å². The Morgan fingerprint density at radius 3 is 2.27 bits per heavy atom. The van der Waals surface area contributed by atoms with Crippen LogP contribution in [0.3, 0.4) is 0 Å². The summed E-state index contributed by atoms with van der Waals surface area (Å²) < 4.78 is 0. The minimum absolute atomic E-state index is 0.851. The maximum atomic E-state index is 4.66. The molecule has 0 bridgehead atoms. The lowest BCUT2D eigenvalue weighted by atomic mass is 10.0. The van der Waals surface area contributed by atoms with E-state index in [1.54, 1.807) is 0 Å². The molecule has 0 spiro atoms. The molecule has 2 aromatic carbocycles. The maximum Gasteiger partial charge on any atom is 0.128 e. The molecule has 4 rings (SSSR count). The monoisotopic (exact) mass is 398 g/mol. The van der Waals surface area contributed by atoms with Crippen LogP contribution in [0, 0.1) is 0 Å². The molecule has 0 atom stereocenters. The maximum absolute atomic E-state index is 4.66. The minimum atomic E-state index is 0.851. The fourth-order valence-corrected chi connectivity index (χ4v) is 3.74. The molecule has 0 radical (unpaired) electrons. The molecule has 0 amide bonds. The normalized spacial score (nSPS) is 14.5. The van der Waals surface area contributed by atoms with Crippen LogP contribution in [0.15, 0.2) is 79.5 Å². The second-order valence-electron chi connectivity index (χ2n) is 7.91. The van der Waals surface area contributed by atoms with Crippen molar-refractivity contribution >= 4 is 11.5 Å². The molecule has 1 saturated heterocycles. The van der Waals surface area contributed by atoms with Crippen molar-refractivity contribution in [2.45, 2.75) is 6.42 Å². The van der Waals surface area contributed by atoms with Gasteiger partial charge in [0.15, 0.2) is 0 Å². The van der Waals surface area contributed by atoms with E-state index in [-0.39, 0.29) is 0 Å². The van der Waals surface area contributed by atoms with Crippen LogP contribution in [0.2, 0.25) is 0 Å². The highest BCUT2D eigenvalue weighted by Gasteiger charge is 2.15. The summed E-state index contributed by atoms with van der Waals surface area (Å²) >= 11 is 0. The van der Waals surface area contributed by atoms with E-state index < -0.39 is 0 Å². The van der Waals surface area contributed by atoms with Crippen molar-refractivity contribution < 1.29 is 0 Å². The van der Waals surface area contributed by atoms with Crippen molar-refractivity contribution in [2.75, 3.05) is 44.7 Å². The number of piperazine rings is 1. The molecule has 1 aliphatic heterocycles. The minimum Gasteiger partial charge on any atom is -0.385 e. The Labute approximate surface area is 179 Å². The van der Waals surface area contributed by atoms with Crippen LogP contribution < -0.4 is 10.2 Å². The van der Waals surface area contributed by atoms with E-state index in [0.29, 0.717) is 0 Å². The summed E-state index contributed by atoms with van der Waals surface area (Å²) in [6.45, 7) is 9.28. The number of benzene rings is 2. The van der Waals surface area contributed by atoms with E-state index in [9.17, 15) is 0 Å².